The van der Waals surface area contributed by atoms with E-state index in [1.54, 1.807) is 18.2 Å². The Morgan fingerprint density at radius 2 is 2.24 bits per heavy atom. The second-order valence-electron chi connectivity index (χ2n) is 3.83. The van der Waals surface area contributed by atoms with Crippen LogP contribution in [0.15, 0.2) is 18.2 Å². The molecule has 0 saturated carbocycles. The molecule has 0 spiro atoms. The molecule has 0 aromatic heterocycles. The summed E-state index contributed by atoms with van der Waals surface area (Å²) in [5.41, 5.74) is 0.501. The van der Waals surface area contributed by atoms with Gasteiger partial charge in [-0.1, -0.05) is 6.92 Å². The van der Waals surface area contributed by atoms with Crippen molar-refractivity contribution < 1.29 is 19.4 Å². The first-order valence-electron chi connectivity index (χ1n) is 5.56. The lowest BCUT2D eigenvalue weighted by Gasteiger charge is -2.13. The lowest BCUT2D eigenvalue weighted by Crippen LogP contribution is -2.36. The van der Waals surface area contributed by atoms with Crippen LogP contribution >= 0.6 is 0 Å². The summed E-state index contributed by atoms with van der Waals surface area (Å²) < 4.78 is 10.4. The molecule has 17 heavy (non-hydrogen) atoms. The lowest BCUT2D eigenvalue weighted by molar-refractivity contribution is 0.0914. The number of aliphatic hydroxyl groups is 1. The van der Waals surface area contributed by atoms with Gasteiger partial charge in [-0.25, -0.2) is 0 Å². The third-order valence-electron chi connectivity index (χ3n) is 2.68. The Bertz CT molecular complexity index is 415. The highest BCUT2D eigenvalue weighted by atomic mass is 16.7. The molecule has 1 aromatic carbocycles. The molecular formula is C12H15NO4. The number of fused-ring (bicyclic) bond motifs is 1. The van der Waals surface area contributed by atoms with E-state index in [2.05, 4.69) is 5.32 Å². The molecule has 0 bridgehead atoms. The average molecular weight is 237 g/mol. The van der Waals surface area contributed by atoms with Gasteiger partial charge in [0, 0.05) is 5.56 Å². The molecule has 2 rings (SSSR count). The number of nitrogens with one attached hydrogen (secondary N) is 1. The van der Waals surface area contributed by atoms with Crippen LogP contribution in [0.25, 0.3) is 0 Å². The smallest absolute Gasteiger partial charge is 0.251 e. The van der Waals surface area contributed by atoms with Crippen LogP contribution in [0.4, 0.5) is 0 Å². The zero-order chi connectivity index (χ0) is 12.3. The number of hydrogen-bond acceptors (Lipinski definition) is 4. The highest BCUT2D eigenvalue weighted by Gasteiger charge is 2.17. The first kappa shape index (κ1) is 11.7. The number of ether oxygens (including phenoxy) is 2. The number of aliphatic hydroxyl groups excluding tert-OH is 1. The van der Waals surface area contributed by atoms with Crippen molar-refractivity contribution in [3.63, 3.8) is 0 Å². The molecule has 0 radical (unpaired) electrons. The molecule has 0 aliphatic carbocycles. The van der Waals surface area contributed by atoms with Gasteiger partial charge in [-0.15, -0.1) is 0 Å². The molecule has 1 amide bonds. The largest absolute Gasteiger partial charge is 0.454 e. The number of rotatable bonds is 4. The Labute approximate surface area is 99.3 Å². The number of carbonyl (C=O) groups is 1. The molecule has 1 heterocycles. The Kier molecular flexibility index (Phi) is 3.49. The summed E-state index contributed by atoms with van der Waals surface area (Å²) in [5.74, 6) is 1.01. The van der Waals surface area contributed by atoms with E-state index < -0.39 is 0 Å². The number of carbonyl (C=O) groups excluding carboxylic acids is 1. The fourth-order valence-electron chi connectivity index (χ4n) is 1.58. The molecule has 92 valence electrons. The van der Waals surface area contributed by atoms with Gasteiger partial charge in [0.1, 0.15) is 0 Å². The zero-order valence-corrected chi connectivity index (χ0v) is 9.60. The van der Waals surface area contributed by atoms with E-state index in [0.29, 0.717) is 23.5 Å². The highest BCUT2D eigenvalue weighted by molar-refractivity contribution is 5.95. The third-order valence-corrected chi connectivity index (χ3v) is 2.68. The average Bonchev–Trinajstić information content (AvgIpc) is 2.82. The van der Waals surface area contributed by atoms with Gasteiger partial charge in [-0.2, -0.15) is 0 Å². The highest BCUT2D eigenvalue weighted by Crippen LogP contribution is 2.32. The summed E-state index contributed by atoms with van der Waals surface area (Å²) >= 11 is 0. The van der Waals surface area contributed by atoms with E-state index in [-0.39, 0.29) is 25.3 Å². The van der Waals surface area contributed by atoms with Gasteiger partial charge in [0.05, 0.1) is 12.6 Å². The molecule has 5 heteroatoms. The van der Waals surface area contributed by atoms with Gasteiger partial charge in [0.2, 0.25) is 6.79 Å². The summed E-state index contributed by atoms with van der Waals surface area (Å²) in [6.45, 7) is 2.03. The minimum Gasteiger partial charge on any atom is -0.454 e. The van der Waals surface area contributed by atoms with Gasteiger partial charge in [0.25, 0.3) is 5.91 Å². The van der Waals surface area contributed by atoms with Crippen molar-refractivity contribution in [2.24, 2.45) is 0 Å². The Morgan fingerprint density at radius 1 is 1.47 bits per heavy atom. The fourth-order valence-corrected chi connectivity index (χ4v) is 1.58. The SMILES string of the molecule is CC[C@@H](CO)NC(=O)c1ccc2c(c1)OCO2. The van der Waals surface area contributed by atoms with Crippen molar-refractivity contribution in [2.75, 3.05) is 13.4 Å². The molecule has 0 unspecified atom stereocenters. The van der Waals surface area contributed by atoms with Crippen LogP contribution in [-0.4, -0.2) is 30.5 Å². The predicted molar refractivity (Wildman–Crippen MR) is 61.2 cm³/mol. The molecule has 1 atom stereocenters. The van der Waals surface area contributed by atoms with E-state index in [4.69, 9.17) is 14.6 Å². The van der Waals surface area contributed by atoms with Crippen LogP contribution in [0.3, 0.4) is 0 Å². The topological polar surface area (TPSA) is 67.8 Å². The maximum absolute atomic E-state index is 11.9. The minimum atomic E-state index is -0.218. The summed E-state index contributed by atoms with van der Waals surface area (Å²) in [5, 5.41) is 11.8. The summed E-state index contributed by atoms with van der Waals surface area (Å²) in [6.07, 6.45) is 0.687. The minimum absolute atomic E-state index is 0.0627. The lowest BCUT2D eigenvalue weighted by atomic mass is 10.1. The van der Waals surface area contributed by atoms with Crippen molar-refractivity contribution in [1.29, 1.82) is 0 Å². The van der Waals surface area contributed by atoms with Crippen LogP contribution < -0.4 is 14.8 Å². The molecule has 2 N–H and O–H groups in total. The van der Waals surface area contributed by atoms with Crippen molar-refractivity contribution in [3.8, 4) is 11.5 Å². The van der Waals surface area contributed by atoms with Crippen LogP contribution in [-0.2, 0) is 0 Å². The van der Waals surface area contributed by atoms with E-state index in [1.165, 1.54) is 0 Å². The maximum atomic E-state index is 11.9. The molecule has 1 aromatic rings. The van der Waals surface area contributed by atoms with E-state index >= 15 is 0 Å². The third kappa shape index (κ3) is 2.50. The Hall–Kier alpha value is -1.75. The van der Waals surface area contributed by atoms with Crippen molar-refractivity contribution in [3.05, 3.63) is 23.8 Å². The summed E-state index contributed by atoms with van der Waals surface area (Å²) in [7, 11) is 0. The molecular weight excluding hydrogens is 222 g/mol. The van der Waals surface area contributed by atoms with Crippen molar-refractivity contribution in [2.45, 2.75) is 19.4 Å². The van der Waals surface area contributed by atoms with E-state index in [1.807, 2.05) is 6.92 Å². The standard InChI is InChI=1S/C12H15NO4/c1-2-9(6-14)13-12(15)8-3-4-10-11(5-8)17-7-16-10/h3-5,9,14H,2,6-7H2,1H3,(H,13,15)/t9-/m0/s1. The Balaban J connectivity index is 2.09. The molecule has 1 aliphatic heterocycles. The molecule has 5 nitrogen and oxygen atoms in total. The van der Waals surface area contributed by atoms with Crippen LogP contribution in [0.1, 0.15) is 23.7 Å². The van der Waals surface area contributed by atoms with Gasteiger partial charge in [0.15, 0.2) is 11.5 Å². The van der Waals surface area contributed by atoms with Gasteiger partial charge >= 0.3 is 0 Å². The molecule has 1 aliphatic rings. The second kappa shape index (κ2) is 5.05. The predicted octanol–water partition coefficient (Wildman–Crippen LogP) is 0.916. The van der Waals surface area contributed by atoms with E-state index in [9.17, 15) is 4.79 Å². The molecule has 0 saturated heterocycles. The van der Waals surface area contributed by atoms with Gasteiger partial charge in [-0.05, 0) is 24.6 Å². The second-order valence-corrected chi connectivity index (χ2v) is 3.83. The quantitative estimate of drug-likeness (QED) is 0.817. The number of hydrogen-bond donors (Lipinski definition) is 2. The first-order chi connectivity index (χ1) is 8.24. The normalized spacial score (nSPS) is 14.5. The monoisotopic (exact) mass is 237 g/mol. The maximum Gasteiger partial charge on any atom is 0.251 e. The molecule has 0 fully saturated rings. The summed E-state index contributed by atoms with van der Waals surface area (Å²) in [6, 6.07) is 4.80. The number of benzene rings is 1. The van der Waals surface area contributed by atoms with Crippen molar-refractivity contribution >= 4 is 5.91 Å². The van der Waals surface area contributed by atoms with Crippen LogP contribution in [0.2, 0.25) is 0 Å². The van der Waals surface area contributed by atoms with Crippen LogP contribution in [0.5, 0.6) is 11.5 Å². The van der Waals surface area contributed by atoms with E-state index in [0.717, 1.165) is 0 Å². The van der Waals surface area contributed by atoms with Crippen LogP contribution in [0, 0.1) is 0 Å². The fraction of sp³-hybridized carbons (Fsp3) is 0.417. The van der Waals surface area contributed by atoms with Gasteiger partial charge in [-0.3, -0.25) is 4.79 Å². The Morgan fingerprint density at radius 3 is 2.94 bits per heavy atom. The first-order valence-corrected chi connectivity index (χ1v) is 5.56. The zero-order valence-electron chi connectivity index (χ0n) is 9.60. The van der Waals surface area contributed by atoms with Gasteiger partial charge < -0.3 is 19.9 Å². The van der Waals surface area contributed by atoms with Crippen molar-refractivity contribution in [1.82, 2.24) is 5.32 Å². The summed E-state index contributed by atoms with van der Waals surface area (Å²) in [4.78, 5) is 11.9. The number of amides is 1.